The number of hydrogen-bond donors (Lipinski definition) is 1. The maximum atomic E-state index is 11.9. The summed E-state index contributed by atoms with van der Waals surface area (Å²) < 4.78 is 23.9. The fraction of sp³-hybridized carbons (Fsp3) is 0.600. The topological polar surface area (TPSA) is 72.0 Å². The molecule has 0 amide bonds. The van der Waals surface area contributed by atoms with Gasteiger partial charge in [0.2, 0.25) is 15.0 Å². The summed E-state index contributed by atoms with van der Waals surface area (Å²) in [4.78, 5) is 7.58. The molecule has 1 aromatic rings. The Labute approximate surface area is 95.2 Å². The van der Waals surface area contributed by atoms with Crippen LogP contribution in [-0.2, 0) is 9.84 Å². The van der Waals surface area contributed by atoms with Crippen molar-refractivity contribution in [1.82, 2.24) is 15.3 Å². The molecule has 0 saturated carbocycles. The summed E-state index contributed by atoms with van der Waals surface area (Å²) in [5.41, 5.74) is 0. The molecule has 1 fully saturated rings. The first kappa shape index (κ1) is 11.5. The van der Waals surface area contributed by atoms with E-state index >= 15 is 0 Å². The molecule has 1 aromatic heterocycles. The van der Waals surface area contributed by atoms with Gasteiger partial charge in [0.1, 0.15) is 0 Å². The first-order valence-corrected chi connectivity index (χ1v) is 7.07. The van der Waals surface area contributed by atoms with Crippen molar-refractivity contribution in [2.75, 3.05) is 12.3 Å². The fourth-order valence-electron chi connectivity index (χ4n) is 1.85. The first-order valence-electron chi connectivity index (χ1n) is 5.42. The van der Waals surface area contributed by atoms with Crippen LogP contribution in [0.4, 0.5) is 0 Å². The largest absolute Gasteiger partial charge is 0.313 e. The summed E-state index contributed by atoms with van der Waals surface area (Å²) in [6.45, 7) is 0.899. The lowest BCUT2D eigenvalue weighted by molar-refractivity contribution is 0.423. The molecule has 1 N–H and O–H groups in total. The van der Waals surface area contributed by atoms with E-state index < -0.39 is 9.84 Å². The van der Waals surface area contributed by atoms with Gasteiger partial charge in [0.15, 0.2) is 0 Å². The van der Waals surface area contributed by atoms with Gasteiger partial charge in [-0.05, 0) is 25.5 Å². The quantitative estimate of drug-likeness (QED) is 0.775. The molecule has 0 aromatic carbocycles. The summed E-state index contributed by atoms with van der Waals surface area (Å²) in [7, 11) is -3.34. The molecule has 1 atom stereocenters. The number of rotatable bonds is 3. The third-order valence-corrected chi connectivity index (χ3v) is 4.26. The highest BCUT2D eigenvalue weighted by molar-refractivity contribution is 7.91. The highest BCUT2D eigenvalue weighted by Crippen LogP contribution is 2.12. The zero-order chi connectivity index (χ0) is 11.4. The SMILES string of the molecule is O=S(=O)(CC1CCCCN1)c1ncccn1. The Morgan fingerprint density at radius 1 is 1.31 bits per heavy atom. The maximum Gasteiger partial charge on any atom is 0.247 e. The van der Waals surface area contributed by atoms with E-state index in [0.717, 1.165) is 25.8 Å². The van der Waals surface area contributed by atoms with Crippen LogP contribution >= 0.6 is 0 Å². The van der Waals surface area contributed by atoms with Gasteiger partial charge in [-0.2, -0.15) is 0 Å². The standard InChI is InChI=1S/C10H15N3O2S/c14-16(15,10-12-6-3-7-13-10)8-9-4-1-2-5-11-9/h3,6-7,9,11H,1-2,4-5,8H2. The molecule has 2 rings (SSSR count). The normalized spacial score (nSPS) is 21.9. The van der Waals surface area contributed by atoms with E-state index in [1.165, 1.54) is 12.4 Å². The second-order valence-electron chi connectivity index (χ2n) is 3.96. The van der Waals surface area contributed by atoms with Crippen LogP contribution in [0.25, 0.3) is 0 Å². The summed E-state index contributed by atoms with van der Waals surface area (Å²) >= 11 is 0. The molecule has 1 aliphatic rings. The van der Waals surface area contributed by atoms with Gasteiger partial charge in [-0.15, -0.1) is 0 Å². The Bertz CT molecular complexity index is 427. The van der Waals surface area contributed by atoms with Crippen LogP contribution in [0.1, 0.15) is 19.3 Å². The minimum absolute atomic E-state index is 0.0440. The molecule has 0 aliphatic carbocycles. The van der Waals surface area contributed by atoms with Crippen molar-refractivity contribution in [3.05, 3.63) is 18.5 Å². The van der Waals surface area contributed by atoms with E-state index in [4.69, 9.17) is 0 Å². The fourth-order valence-corrected chi connectivity index (χ4v) is 3.26. The molecule has 0 spiro atoms. The molecule has 6 heteroatoms. The van der Waals surface area contributed by atoms with Crippen molar-refractivity contribution in [1.29, 1.82) is 0 Å². The van der Waals surface area contributed by atoms with Crippen LogP contribution in [0.15, 0.2) is 23.6 Å². The van der Waals surface area contributed by atoms with Crippen LogP contribution in [0.2, 0.25) is 0 Å². The third-order valence-electron chi connectivity index (χ3n) is 2.65. The van der Waals surface area contributed by atoms with Gasteiger partial charge >= 0.3 is 0 Å². The van der Waals surface area contributed by atoms with E-state index in [9.17, 15) is 8.42 Å². The molecule has 5 nitrogen and oxygen atoms in total. The molecular formula is C10H15N3O2S. The van der Waals surface area contributed by atoms with E-state index in [1.54, 1.807) is 6.07 Å². The number of hydrogen-bond acceptors (Lipinski definition) is 5. The predicted molar refractivity (Wildman–Crippen MR) is 59.7 cm³/mol. The molecule has 0 bridgehead atoms. The minimum atomic E-state index is -3.34. The zero-order valence-corrected chi connectivity index (χ0v) is 9.78. The molecule has 1 unspecified atom stereocenters. The van der Waals surface area contributed by atoms with E-state index in [2.05, 4.69) is 15.3 Å². The summed E-state index contributed by atoms with van der Waals surface area (Å²) in [5, 5.41) is 3.14. The van der Waals surface area contributed by atoms with Gasteiger partial charge in [-0.1, -0.05) is 6.42 Å². The second kappa shape index (κ2) is 4.88. The van der Waals surface area contributed by atoms with Crippen molar-refractivity contribution in [3.63, 3.8) is 0 Å². The van der Waals surface area contributed by atoms with E-state index in [1.807, 2.05) is 0 Å². The zero-order valence-electron chi connectivity index (χ0n) is 8.96. The van der Waals surface area contributed by atoms with Crippen LogP contribution in [-0.4, -0.2) is 36.7 Å². The summed E-state index contributed by atoms with van der Waals surface area (Å²) in [6.07, 6.45) is 6.02. The maximum absolute atomic E-state index is 11.9. The lowest BCUT2D eigenvalue weighted by atomic mass is 10.1. The number of nitrogens with one attached hydrogen (secondary N) is 1. The van der Waals surface area contributed by atoms with Crippen LogP contribution < -0.4 is 5.32 Å². The monoisotopic (exact) mass is 241 g/mol. The molecule has 2 heterocycles. The molecule has 88 valence electrons. The number of nitrogens with zero attached hydrogens (tertiary/aromatic N) is 2. The van der Waals surface area contributed by atoms with Crippen molar-refractivity contribution < 1.29 is 8.42 Å². The lowest BCUT2D eigenvalue weighted by Crippen LogP contribution is -2.39. The van der Waals surface area contributed by atoms with Crippen LogP contribution in [0.5, 0.6) is 0 Å². The Balaban J connectivity index is 2.08. The number of aromatic nitrogens is 2. The Kier molecular flexibility index (Phi) is 3.50. The van der Waals surface area contributed by atoms with Crippen molar-refractivity contribution in [2.24, 2.45) is 0 Å². The third kappa shape index (κ3) is 2.76. The average molecular weight is 241 g/mol. The second-order valence-corrected chi connectivity index (χ2v) is 5.89. The Morgan fingerprint density at radius 2 is 2.06 bits per heavy atom. The predicted octanol–water partition coefficient (Wildman–Crippen LogP) is 0.392. The van der Waals surface area contributed by atoms with Crippen molar-refractivity contribution in [2.45, 2.75) is 30.5 Å². The van der Waals surface area contributed by atoms with Crippen molar-refractivity contribution >= 4 is 9.84 Å². The average Bonchev–Trinajstić information content (AvgIpc) is 2.31. The summed E-state index contributed by atoms with van der Waals surface area (Å²) in [5.74, 6) is 0.0943. The van der Waals surface area contributed by atoms with Gasteiger partial charge in [0.05, 0.1) is 5.75 Å². The van der Waals surface area contributed by atoms with E-state index in [-0.39, 0.29) is 17.0 Å². The molecular weight excluding hydrogens is 226 g/mol. The van der Waals surface area contributed by atoms with Crippen LogP contribution in [0.3, 0.4) is 0 Å². The molecule has 0 radical (unpaired) electrons. The van der Waals surface area contributed by atoms with Gasteiger partial charge in [0, 0.05) is 18.4 Å². The van der Waals surface area contributed by atoms with Gasteiger partial charge in [0.25, 0.3) is 0 Å². The molecule has 1 aliphatic heterocycles. The van der Waals surface area contributed by atoms with Gasteiger partial charge in [-0.25, -0.2) is 18.4 Å². The highest BCUT2D eigenvalue weighted by atomic mass is 32.2. The van der Waals surface area contributed by atoms with Crippen LogP contribution in [0, 0.1) is 0 Å². The smallest absolute Gasteiger partial charge is 0.247 e. The Hall–Kier alpha value is -1.01. The lowest BCUT2D eigenvalue weighted by Gasteiger charge is -2.22. The molecule has 16 heavy (non-hydrogen) atoms. The molecule has 1 saturated heterocycles. The minimum Gasteiger partial charge on any atom is -0.313 e. The number of sulfone groups is 1. The van der Waals surface area contributed by atoms with E-state index in [0.29, 0.717) is 0 Å². The number of piperidine rings is 1. The Morgan fingerprint density at radius 3 is 2.69 bits per heavy atom. The van der Waals surface area contributed by atoms with Gasteiger partial charge in [-0.3, -0.25) is 0 Å². The van der Waals surface area contributed by atoms with Gasteiger partial charge < -0.3 is 5.32 Å². The highest BCUT2D eigenvalue weighted by Gasteiger charge is 2.24. The van der Waals surface area contributed by atoms with Crippen molar-refractivity contribution in [3.8, 4) is 0 Å². The summed E-state index contributed by atoms with van der Waals surface area (Å²) in [6, 6.07) is 1.65. The first-order chi connectivity index (χ1) is 7.68.